The van der Waals surface area contributed by atoms with Gasteiger partial charge in [0.1, 0.15) is 22.6 Å². The molecule has 2 aromatic heterocycles. The maximum atomic E-state index is 9.40. The summed E-state index contributed by atoms with van der Waals surface area (Å²) in [6.45, 7) is 14.1. The highest BCUT2D eigenvalue weighted by atomic mass is 28.5. The first kappa shape index (κ1) is 55.6. The second-order valence-electron chi connectivity index (χ2n) is 24.7. The van der Waals surface area contributed by atoms with Crippen molar-refractivity contribution < 1.29 is 8.23 Å². The van der Waals surface area contributed by atoms with Crippen molar-refractivity contribution in [3.05, 3.63) is 179 Å². The molecular weight excluding hydrogens is 1090 g/mol. The smallest absolute Gasteiger partial charge is 0.404 e. The van der Waals surface area contributed by atoms with Gasteiger partial charge in [-0.25, -0.2) is 30.0 Å². The highest BCUT2D eigenvalue weighted by Gasteiger charge is 2.60. The third-order valence-corrected chi connectivity index (χ3v) is 33.9. The van der Waals surface area contributed by atoms with Gasteiger partial charge >= 0.3 is 8.88 Å². The van der Waals surface area contributed by atoms with Crippen molar-refractivity contribution in [1.82, 2.24) is 8.47 Å². The predicted molar refractivity (Wildman–Crippen MR) is 363 cm³/mol. The molecule has 10 aromatic rings. The highest BCUT2D eigenvalue weighted by molar-refractivity contribution is 6.89. The minimum Gasteiger partial charge on any atom is -0.404 e. The molecule has 0 saturated carbocycles. The lowest BCUT2D eigenvalue weighted by Crippen LogP contribution is -2.71. The molecule has 0 aliphatic carbocycles. The van der Waals surface area contributed by atoms with Gasteiger partial charge in [-0.3, -0.25) is 8.47 Å². The Kier molecular flexibility index (Phi) is 15.0. The number of hydrogen-bond acceptors (Lipinski definition) is 8. The van der Waals surface area contributed by atoms with Crippen LogP contribution in [0.1, 0.15) is 141 Å². The van der Waals surface area contributed by atoms with Crippen LogP contribution in [-0.2, 0) is 8.23 Å². The second-order valence-corrected chi connectivity index (χ2v) is 36.0. The third kappa shape index (κ3) is 9.65. The fourth-order valence-electron chi connectivity index (χ4n) is 14.2. The Bertz CT molecular complexity index is 4250. The standard InChI is InChI=1S/C72H78N8O2Si3/c1-7-13-35-83(36-14-8-2,37-15-9-3)81-85(82-84(38-16-10-4,39-17-11-5)40-18-12-6)79-69-61-45-53-31-23-24-32-54(53)46-62(61)71(79)77-67-59-43-51-29-21-22-30-52(51)44-60(59)68(74-67)78-72-64-48-56-34-26-25-33-55(56)47-63(64)70(80(72)85)76-66-58-42-50-28-20-19-27-49(50)41-57(58)65(73-66)75-69/h19-34,41-48H,7-18,35-40H2,1-6H3. The van der Waals surface area contributed by atoms with Crippen LogP contribution in [0, 0.1) is 0 Å². The number of rotatable bonds is 22. The van der Waals surface area contributed by atoms with Gasteiger partial charge in [0, 0.05) is 43.8 Å². The minimum atomic E-state index is -4.58. The van der Waals surface area contributed by atoms with Crippen molar-refractivity contribution in [2.75, 3.05) is 0 Å². The van der Waals surface area contributed by atoms with E-state index in [-0.39, 0.29) is 0 Å². The van der Waals surface area contributed by atoms with E-state index >= 15 is 0 Å². The largest absolute Gasteiger partial charge is 0.582 e. The Morgan fingerprint density at radius 3 is 0.859 bits per heavy atom. The summed E-state index contributed by atoms with van der Waals surface area (Å²) >= 11 is 0. The van der Waals surface area contributed by atoms with Crippen molar-refractivity contribution in [1.29, 1.82) is 0 Å². The SMILES string of the molecule is CCCC[Si](CCCC)(CCCC)O[Si]1(O[Si](CCCC)(CCCC)CCCC)n2c3c4cc5ccccc5cc4c2N=C2N=C(N=c4c5cc6ccccc6cc5c(n41)=NC1=NC(=N3)c3cc4ccccc4cc31)c1cc3ccccc3cc12. The fourth-order valence-corrected chi connectivity index (χ4v) is 32.6. The molecular formula is C72H78N8O2Si3. The summed E-state index contributed by atoms with van der Waals surface area (Å²) in [5.41, 5.74) is 5.30. The number of unbranched alkanes of at least 4 members (excludes halogenated alkanes) is 6. The lowest BCUT2D eigenvalue weighted by Gasteiger charge is -2.47. The Morgan fingerprint density at radius 2 is 0.576 bits per heavy atom. The van der Waals surface area contributed by atoms with Gasteiger partial charge < -0.3 is 8.23 Å². The molecule has 8 aromatic carbocycles. The molecule has 0 unspecified atom stereocenters. The molecule has 0 spiro atoms. The number of nitrogens with zero attached hydrogens (tertiary/aromatic N) is 8. The van der Waals surface area contributed by atoms with E-state index in [9.17, 15) is 8.23 Å². The van der Waals surface area contributed by atoms with Crippen molar-refractivity contribution >= 4 is 125 Å². The van der Waals surface area contributed by atoms with Crippen molar-refractivity contribution in [3.63, 3.8) is 0 Å². The Hall–Kier alpha value is -7.27. The Morgan fingerprint density at radius 1 is 0.318 bits per heavy atom. The molecule has 430 valence electrons. The van der Waals surface area contributed by atoms with E-state index in [1.807, 2.05) is 0 Å². The van der Waals surface area contributed by atoms with E-state index in [0.29, 0.717) is 23.3 Å². The van der Waals surface area contributed by atoms with Gasteiger partial charge in [-0.1, -0.05) is 216 Å². The van der Waals surface area contributed by atoms with Gasteiger partial charge in [0.15, 0.2) is 40.0 Å². The summed E-state index contributed by atoms with van der Waals surface area (Å²) in [4.78, 5) is 35.9. The number of hydrogen-bond donors (Lipinski definition) is 0. The van der Waals surface area contributed by atoms with Crippen LogP contribution in [0.2, 0.25) is 36.3 Å². The van der Waals surface area contributed by atoms with Crippen LogP contribution >= 0.6 is 0 Å². The quantitative estimate of drug-likeness (QED) is 0.0631. The van der Waals surface area contributed by atoms with E-state index < -0.39 is 25.5 Å². The molecule has 10 nitrogen and oxygen atoms in total. The summed E-state index contributed by atoms with van der Waals surface area (Å²) in [6, 6.07) is 59.5. The van der Waals surface area contributed by atoms with Gasteiger partial charge in [0.25, 0.3) is 0 Å². The molecule has 6 heterocycles. The van der Waals surface area contributed by atoms with E-state index in [1.54, 1.807) is 0 Å². The summed E-state index contributed by atoms with van der Waals surface area (Å²) in [7, 11) is -10.4. The number of aromatic nitrogens is 2. The molecule has 6 bridgehead atoms. The lowest BCUT2D eigenvalue weighted by molar-refractivity contribution is 0.319. The average Bonchev–Trinajstić information content (AvgIpc) is 1.66. The van der Waals surface area contributed by atoms with Crippen LogP contribution in [0.4, 0.5) is 11.6 Å². The van der Waals surface area contributed by atoms with Crippen LogP contribution in [0.25, 0.3) is 64.6 Å². The Balaban J connectivity index is 1.29. The van der Waals surface area contributed by atoms with Crippen LogP contribution < -0.4 is 11.0 Å². The van der Waals surface area contributed by atoms with E-state index in [0.717, 1.165) is 223 Å². The molecule has 14 rings (SSSR count). The third-order valence-electron chi connectivity index (χ3n) is 18.8. The minimum absolute atomic E-state index is 0.623. The van der Waals surface area contributed by atoms with E-state index in [4.69, 9.17) is 30.0 Å². The lowest BCUT2D eigenvalue weighted by atomic mass is 10.0. The number of benzene rings is 8. The number of aliphatic imine (C=N–C) groups is 4. The molecule has 13 heteroatoms. The summed E-state index contributed by atoms with van der Waals surface area (Å²) in [6.07, 6.45) is 12.9. The fraction of sp³-hybridized carbons (Fsp3) is 0.333. The molecule has 4 aliphatic heterocycles. The summed E-state index contributed by atoms with van der Waals surface area (Å²) < 4.78 is 23.8. The predicted octanol–water partition coefficient (Wildman–Crippen LogP) is 18.7. The summed E-state index contributed by atoms with van der Waals surface area (Å²) in [5.74, 6) is 4.00. The van der Waals surface area contributed by atoms with Gasteiger partial charge in [-0.2, -0.15) is 0 Å². The molecule has 0 radical (unpaired) electrons. The first-order valence-electron chi connectivity index (χ1n) is 32.1. The molecule has 0 fully saturated rings. The zero-order valence-corrected chi connectivity index (χ0v) is 53.5. The maximum absolute atomic E-state index is 9.40. The van der Waals surface area contributed by atoms with Crippen LogP contribution in [0.3, 0.4) is 0 Å². The number of fused-ring (bicyclic) bond motifs is 18. The van der Waals surface area contributed by atoms with Gasteiger partial charge in [-0.05, 0) is 128 Å². The van der Waals surface area contributed by atoms with Crippen LogP contribution in [-0.4, -0.2) is 57.3 Å². The van der Waals surface area contributed by atoms with Crippen LogP contribution in [0.15, 0.2) is 176 Å². The highest BCUT2D eigenvalue weighted by Crippen LogP contribution is 2.49. The van der Waals surface area contributed by atoms with Crippen molar-refractivity contribution in [2.45, 2.75) is 155 Å². The zero-order valence-electron chi connectivity index (χ0n) is 50.5. The monoisotopic (exact) mass is 1170 g/mol. The molecule has 0 N–H and O–H groups in total. The Labute approximate surface area is 502 Å². The first-order chi connectivity index (χ1) is 41.7. The zero-order chi connectivity index (χ0) is 57.9. The molecule has 0 saturated heterocycles. The van der Waals surface area contributed by atoms with E-state index in [2.05, 4.69) is 196 Å². The van der Waals surface area contributed by atoms with Gasteiger partial charge in [0.05, 0.1) is 0 Å². The molecule has 0 amide bonds. The molecule has 0 atom stereocenters. The van der Waals surface area contributed by atoms with Crippen LogP contribution in [0.5, 0.6) is 0 Å². The molecule has 4 aliphatic rings. The average molecular weight is 1170 g/mol. The normalized spacial score (nSPS) is 15.0. The van der Waals surface area contributed by atoms with Gasteiger partial charge in [-0.15, -0.1) is 0 Å². The van der Waals surface area contributed by atoms with Crippen molar-refractivity contribution in [2.24, 2.45) is 30.0 Å². The number of amidine groups is 4. The van der Waals surface area contributed by atoms with Gasteiger partial charge in [0.2, 0.25) is 0 Å². The first-order valence-corrected chi connectivity index (χ1v) is 38.9. The summed E-state index contributed by atoms with van der Waals surface area (Å²) in [5, 5.41) is 12.9. The second kappa shape index (κ2) is 22.9. The van der Waals surface area contributed by atoms with Crippen molar-refractivity contribution in [3.8, 4) is 0 Å². The topological polar surface area (TPSA) is 102 Å². The molecule has 85 heavy (non-hydrogen) atoms. The maximum Gasteiger partial charge on any atom is 0.582 e. The van der Waals surface area contributed by atoms with E-state index in [1.165, 1.54) is 0 Å².